The maximum absolute atomic E-state index is 12.1. The van der Waals surface area contributed by atoms with Gasteiger partial charge in [-0.1, -0.05) is 19.9 Å². The summed E-state index contributed by atoms with van der Waals surface area (Å²) >= 11 is 3.39. The second-order valence-corrected chi connectivity index (χ2v) is 11.9. The van der Waals surface area contributed by atoms with Crippen LogP contribution in [0.2, 0.25) is 0 Å². The standard InChI is InChI=1S/C21H26N4O4.C10H14BrN3.C2H6/c1-23-7-9-24(10-8-23)20-6-4-16(12-22-20)15-3-5-18(19(11-15)28-2)25-13-17(14-26)29-21(25)27;1-13-4-6-14(7-5-13)10-3-2-9(11)8-12-10;1-2/h3-6,11-12,17,26H,7-10,13-14H2,1-2H3;2-3,8H,4-7H2,1H3;1-2H3. The van der Waals surface area contributed by atoms with Crippen LogP contribution in [0.5, 0.6) is 5.75 Å². The average Bonchev–Trinajstić information content (AvgIpc) is 3.47. The van der Waals surface area contributed by atoms with E-state index < -0.39 is 12.2 Å². The molecular weight excluding hydrogens is 638 g/mol. The SMILES string of the molecule is CC.CN1CCN(c2ccc(Br)cn2)CC1.COc1cc(-c2ccc(N3CCN(C)CC3)nc2)ccc1N1CC(CO)OC1=O. The number of carbonyl (C=O) groups excluding carboxylic acids is 1. The molecule has 1 atom stereocenters. The Bertz CT molecular complexity index is 1350. The van der Waals surface area contributed by atoms with Gasteiger partial charge in [-0.2, -0.15) is 0 Å². The first-order valence-electron chi connectivity index (χ1n) is 15.6. The first kappa shape index (κ1) is 34.4. The zero-order valence-electron chi connectivity index (χ0n) is 27.0. The Morgan fingerprint density at radius 2 is 1.40 bits per heavy atom. The van der Waals surface area contributed by atoms with Gasteiger partial charge in [-0.15, -0.1) is 0 Å². The number of anilines is 3. The van der Waals surface area contributed by atoms with E-state index in [2.05, 4.69) is 71.7 Å². The van der Waals surface area contributed by atoms with Crippen LogP contribution in [0.25, 0.3) is 11.1 Å². The average molecular weight is 685 g/mol. The van der Waals surface area contributed by atoms with Gasteiger partial charge in [-0.3, -0.25) is 4.90 Å². The number of likely N-dealkylation sites (N-methyl/N-ethyl adjacent to an activating group) is 2. The molecule has 1 amide bonds. The molecular formula is C33H46BrN7O4. The predicted molar refractivity (Wildman–Crippen MR) is 184 cm³/mol. The van der Waals surface area contributed by atoms with E-state index in [1.165, 1.54) is 4.90 Å². The molecule has 11 nitrogen and oxygen atoms in total. The summed E-state index contributed by atoms with van der Waals surface area (Å²) in [6, 6.07) is 13.9. The molecule has 0 spiro atoms. The minimum atomic E-state index is -0.516. The van der Waals surface area contributed by atoms with Crippen LogP contribution in [0.4, 0.5) is 22.1 Å². The molecule has 0 radical (unpaired) electrons. The first-order chi connectivity index (χ1) is 21.8. The lowest BCUT2D eigenvalue weighted by Gasteiger charge is -2.33. The number of hydrogen-bond acceptors (Lipinski definition) is 10. The molecule has 3 aliphatic rings. The fourth-order valence-electron chi connectivity index (χ4n) is 5.26. The van der Waals surface area contributed by atoms with Gasteiger partial charge in [-0.25, -0.2) is 14.8 Å². The van der Waals surface area contributed by atoms with Crippen LogP contribution in [0.3, 0.4) is 0 Å². The molecule has 1 N–H and O–H groups in total. The molecule has 1 aromatic carbocycles. The smallest absolute Gasteiger partial charge is 0.414 e. The van der Waals surface area contributed by atoms with E-state index in [1.54, 1.807) is 7.11 Å². The van der Waals surface area contributed by atoms with Crippen molar-refractivity contribution >= 4 is 39.3 Å². The number of aliphatic hydroxyl groups is 1. The summed E-state index contributed by atoms with van der Waals surface area (Å²) in [5, 5.41) is 9.25. The topological polar surface area (TPSA) is 97.7 Å². The summed E-state index contributed by atoms with van der Waals surface area (Å²) in [6.07, 6.45) is 2.73. The summed E-state index contributed by atoms with van der Waals surface area (Å²) in [7, 11) is 5.87. The molecule has 45 heavy (non-hydrogen) atoms. The number of hydrogen-bond donors (Lipinski definition) is 1. The third kappa shape index (κ3) is 9.06. The number of carbonyl (C=O) groups is 1. The number of pyridine rings is 2. The number of ether oxygens (including phenoxy) is 2. The van der Waals surface area contributed by atoms with Crippen molar-refractivity contribution in [3.8, 4) is 16.9 Å². The number of cyclic esters (lactones) is 1. The van der Waals surface area contributed by atoms with Crippen molar-refractivity contribution in [2.24, 2.45) is 0 Å². The van der Waals surface area contributed by atoms with E-state index in [1.807, 2.05) is 56.6 Å². The van der Waals surface area contributed by atoms with Crippen LogP contribution in [-0.2, 0) is 4.74 Å². The first-order valence-corrected chi connectivity index (χ1v) is 16.4. The molecule has 12 heteroatoms. The van der Waals surface area contributed by atoms with Crippen molar-refractivity contribution < 1.29 is 19.4 Å². The molecule has 2 aromatic heterocycles. The summed E-state index contributed by atoms with van der Waals surface area (Å²) in [6.45, 7) is 12.5. The third-order valence-electron chi connectivity index (χ3n) is 8.00. The number of piperazine rings is 2. The summed E-state index contributed by atoms with van der Waals surface area (Å²) in [5.74, 6) is 2.64. The van der Waals surface area contributed by atoms with Crippen LogP contribution >= 0.6 is 15.9 Å². The fraction of sp³-hybridized carbons (Fsp3) is 0.485. The zero-order chi connectivity index (χ0) is 32.3. The lowest BCUT2D eigenvalue weighted by Crippen LogP contribution is -2.44. The van der Waals surface area contributed by atoms with Crippen molar-refractivity contribution in [2.75, 3.05) is 101 Å². The predicted octanol–water partition coefficient (Wildman–Crippen LogP) is 4.45. The molecule has 5 heterocycles. The van der Waals surface area contributed by atoms with Gasteiger partial charge in [0.15, 0.2) is 0 Å². The number of aromatic nitrogens is 2. The lowest BCUT2D eigenvalue weighted by molar-refractivity contribution is 0.0963. The minimum Gasteiger partial charge on any atom is -0.495 e. The van der Waals surface area contributed by atoms with Gasteiger partial charge < -0.3 is 34.2 Å². The van der Waals surface area contributed by atoms with E-state index >= 15 is 0 Å². The molecule has 0 bridgehead atoms. The van der Waals surface area contributed by atoms with Crippen LogP contribution in [0.15, 0.2) is 59.3 Å². The number of nitrogens with zero attached hydrogens (tertiary/aromatic N) is 7. The number of halogens is 1. The molecule has 6 rings (SSSR count). The zero-order valence-corrected chi connectivity index (χ0v) is 28.6. The Kier molecular flexibility index (Phi) is 12.8. The van der Waals surface area contributed by atoms with Gasteiger partial charge in [0, 0.05) is 74.8 Å². The molecule has 3 saturated heterocycles. The van der Waals surface area contributed by atoms with Crippen molar-refractivity contribution in [1.29, 1.82) is 0 Å². The van der Waals surface area contributed by atoms with Gasteiger partial charge in [0.05, 0.1) is 25.9 Å². The van der Waals surface area contributed by atoms with Crippen molar-refractivity contribution in [3.05, 3.63) is 59.3 Å². The number of methoxy groups -OCH3 is 1. The normalized spacial score (nSPS) is 18.9. The summed E-state index contributed by atoms with van der Waals surface area (Å²) in [5.41, 5.74) is 2.55. The fourth-order valence-corrected chi connectivity index (χ4v) is 5.50. The molecule has 3 aromatic rings. The maximum Gasteiger partial charge on any atom is 0.414 e. The molecule has 0 aliphatic carbocycles. The number of aliphatic hydroxyl groups excluding tert-OH is 1. The molecule has 3 aliphatic heterocycles. The Hall–Kier alpha value is -3.45. The number of benzene rings is 1. The van der Waals surface area contributed by atoms with Gasteiger partial charge >= 0.3 is 6.09 Å². The van der Waals surface area contributed by atoms with E-state index in [-0.39, 0.29) is 6.61 Å². The van der Waals surface area contributed by atoms with E-state index in [0.717, 1.165) is 79.6 Å². The Balaban J connectivity index is 0.000000241. The van der Waals surface area contributed by atoms with Gasteiger partial charge in [0.2, 0.25) is 0 Å². The highest BCUT2D eigenvalue weighted by Gasteiger charge is 2.33. The van der Waals surface area contributed by atoms with E-state index in [0.29, 0.717) is 18.0 Å². The highest BCUT2D eigenvalue weighted by atomic mass is 79.9. The Morgan fingerprint density at radius 3 is 1.87 bits per heavy atom. The van der Waals surface area contributed by atoms with Gasteiger partial charge in [0.1, 0.15) is 23.5 Å². The molecule has 0 saturated carbocycles. The monoisotopic (exact) mass is 683 g/mol. The van der Waals surface area contributed by atoms with Crippen molar-refractivity contribution in [3.63, 3.8) is 0 Å². The summed E-state index contributed by atoms with van der Waals surface area (Å²) in [4.78, 5) is 31.9. The quantitative estimate of drug-likeness (QED) is 0.402. The van der Waals surface area contributed by atoms with E-state index in [9.17, 15) is 9.90 Å². The van der Waals surface area contributed by atoms with Crippen molar-refractivity contribution in [1.82, 2.24) is 19.8 Å². The molecule has 3 fully saturated rings. The molecule has 1 unspecified atom stereocenters. The third-order valence-corrected chi connectivity index (χ3v) is 8.46. The Labute approximate surface area is 275 Å². The van der Waals surface area contributed by atoms with E-state index in [4.69, 9.17) is 9.47 Å². The summed E-state index contributed by atoms with van der Waals surface area (Å²) < 4.78 is 11.7. The highest BCUT2D eigenvalue weighted by Crippen LogP contribution is 2.35. The molecule has 244 valence electrons. The van der Waals surface area contributed by atoms with Crippen molar-refractivity contribution in [2.45, 2.75) is 20.0 Å². The van der Waals surface area contributed by atoms with Crippen LogP contribution in [0.1, 0.15) is 13.8 Å². The van der Waals surface area contributed by atoms with Crippen LogP contribution in [0, 0.1) is 0 Å². The second kappa shape index (κ2) is 16.7. The highest BCUT2D eigenvalue weighted by molar-refractivity contribution is 9.10. The number of rotatable bonds is 6. The lowest BCUT2D eigenvalue weighted by atomic mass is 10.1. The van der Waals surface area contributed by atoms with Gasteiger partial charge in [0.25, 0.3) is 0 Å². The number of amides is 1. The van der Waals surface area contributed by atoms with Crippen LogP contribution in [-0.4, -0.2) is 124 Å². The maximum atomic E-state index is 12.1. The minimum absolute atomic E-state index is 0.200. The Morgan fingerprint density at radius 1 is 0.844 bits per heavy atom. The van der Waals surface area contributed by atoms with Crippen LogP contribution < -0.4 is 19.4 Å². The largest absolute Gasteiger partial charge is 0.495 e. The van der Waals surface area contributed by atoms with Gasteiger partial charge in [-0.05, 0) is 72.0 Å². The second-order valence-electron chi connectivity index (χ2n) is 11.0.